The number of likely N-dealkylation sites (tertiary alicyclic amines) is 1. The number of likely N-dealkylation sites (N-methyl/N-ethyl adjacent to an activating group) is 1. The number of aromatic nitrogens is 2. The van der Waals surface area contributed by atoms with Crippen LogP contribution in [0.2, 0.25) is 0 Å². The molecule has 11 nitrogen and oxygen atoms in total. The van der Waals surface area contributed by atoms with Crippen molar-refractivity contribution in [3.8, 4) is 18.1 Å². The van der Waals surface area contributed by atoms with Gasteiger partial charge in [0.05, 0.1) is 42.0 Å². The molecule has 0 radical (unpaired) electrons. The van der Waals surface area contributed by atoms with Crippen LogP contribution in [0, 0.1) is 22.7 Å². The molecule has 45 heavy (non-hydrogen) atoms. The molecule has 2 saturated heterocycles. The zero-order valence-electron chi connectivity index (χ0n) is 25.6. The van der Waals surface area contributed by atoms with E-state index in [9.17, 15) is 15.3 Å². The molecule has 11 heteroatoms. The van der Waals surface area contributed by atoms with Crippen LogP contribution < -0.4 is 14.5 Å². The molecule has 232 valence electrons. The topological polar surface area (TPSA) is 122 Å². The number of hydrogen-bond donors (Lipinski definition) is 0. The predicted molar refractivity (Wildman–Crippen MR) is 169 cm³/mol. The van der Waals surface area contributed by atoms with Crippen molar-refractivity contribution in [1.29, 1.82) is 10.5 Å². The predicted octanol–water partition coefficient (Wildman–Crippen LogP) is 4.13. The summed E-state index contributed by atoms with van der Waals surface area (Å²) in [4.78, 5) is 31.3. The standard InChI is InChI=1S/C34H38N8O3/c1-39-16-7-11-28(39)24-44-33-37-30-22-40(31-12-6-5-10-26(31)20-36)17-14-29(30)32(38-33)41-18-19-42(27(21-41)13-15-35)34(43)45-23-25-8-3-2-4-9-25/h2-6,8-10,12,27-28H,7,11,13-14,16-19,21-24H2,1H3/t27-,28-/m0/s1. The van der Waals surface area contributed by atoms with Gasteiger partial charge in [-0.2, -0.15) is 20.5 Å². The summed E-state index contributed by atoms with van der Waals surface area (Å²) >= 11 is 0. The fraction of sp³-hybridized carbons (Fsp3) is 0.441. The Labute approximate surface area is 264 Å². The number of anilines is 2. The number of ether oxygens (including phenoxy) is 2. The molecule has 4 heterocycles. The molecule has 0 spiro atoms. The van der Waals surface area contributed by atoms with Crippen molar-refractivity contribution in [2.24, 2.45) is 0 Å². The van der Waals surface area contributed by atoms with Gasteiger partial charge in [-0.15, -0.1) is 0 Å². The number of amides is 1. The Kier molecular flexibility index (Phi) is 9.27. The Morgan fingerprint density at radius 3 is 2.58 bits per heavy atom. The third-order valence-corrected chi connectivity index (χ3v) is 9.01. The molecule has 0 aliphatic carbocycles. The molecule has 2 atom stereocenters. The van der Waals surface area contributed by atoms with Gasteiger partial charge in [0.2, 0.25) is 0 Å². The molecule has 6 rings (SSSR count). The first-order chi connectivity index (χ1) is 22.0. The van der Waals surface area contributed by atoms with Crippen molar-refractivity contribution in [1.82, 2.24) is 19.8 Å². The van der Waals surface area contributed by atoms with E-state index in [0.29, 0.717) is 63.4 Å². The Morgan fingerprint density at radius 2 is 1.80 bits per heavy atom. The van der Waals surface area contributed by atoms with Crippen LogP contribution in [0.4, 0.5) is 16.3 Å². The highest BCUT2D eigenvalue weighted by molar-refractivity contribution is 5.69. The fourth-order valence-electron chi connectivity index (χ4n) is 6.50. The highest BCUT2D eigenvalue weighted by Crippen LogP contribution is 2.33. The lowest BCUT2D eigenvalue weighted by atomic mass is 10.0. The van der Waals surface area contributed by atoms with Crippen LogP contribution in [0.15, 0.2) is 54.6 Å². The molecule has 0 unspecified atom stereocenters. The van der Waals surface area contributed by atoms with Crippen LogP contribution >= 0.6 is 0 Å². The van der Waals surface area contributed by atoms with Crippen molar-refractivity contribution in [2.75, 3.05) is 56.2 Å². The van der Waals surface area contributed by atoms with E-state index in [2.05, 4.69) is 33.9 Å². The Morgan fingerprint density at radius 1 is 0.978 bits per heavy atom. The normalized spacial score (nSPS) is 19.8. The number of nitrogens with zero attached hydrogens (tertiary/aromatic N) is 8. The second-order valence-corrected chi connectivity index (χ2v) is 11.8. The Balaban J connectivity index is 1.24. The molecule has 0 bridgehead atoms. The molecular formula is C34H38N8O3. The third-order valence-electron chi connectivity index (χ3n) is 9.01. The molecule has 0 N–H and O–H groups in total. The van der Waals surface area contributed by atoms with Crippen LogP contribution in [0.5, 0.6) is 6.01 Å². The summed E-state index contributed by atoms with van der Waals surface area (Å²) in [6.45, 7) is 4.37. The summed E-state index contributed by atoms with van der Waals surface area (Å²) in [5.74, 6) is 0.795. The molecule has 0 saturated carbocycles. The van der Waals surface area contributed by atoms with Crippen molar-refractivity contribution in [3.05, 3.63) is 77.0 Å². The second-order valence-electron chi connectivity index (χ2n) is 11.8. The van der Waals surface area contributed by atoms with Gasteiger partial charge < -0.3 is 29.1 Å². The number of nitriles is 2. The van der Waals surface area contributed by atoms with Gasteiger partial charge in [-0.1, -0.05) is 42.5 Å². The SMILES string of the molecule is CN1CCC[C@H]1COc1nc2c(c(N3CCN(C(=O)OCc4ccccc4)[C@@H](CC#N)C3)n1)CCN(c1ccccc1C#N)C2. The van der Waals surface area contributed by atoms with Gasteiger partial charge in [0, 0.05) is 37.8 Å². The van der Waals surface area contributed by atoms with Crippen molar-refractivity contribution in [3.63, 3.8) is 0 Å². The Bertz CT molecular complexity index is 1590. The first-order valence-electron chi connectivity index (χ1n) is 15.6. The minimum absolute atomic E-state index is 0.181. The Hall–Kier alpha value is -4.87. The van der Waals surface area contributed by atoms with E-state index < -0.39 is 6.09 Å². The number of carbonyl (C=O) groups is 1. The number of hydrogen-bond acceptors (Lipinski definition) is 10. The van der Waals surface area contributed by atoms with Crippen LogP contribution in [0.3, 0.4) is 0 Å². The summed E-state index contributed by atoms with van der Waals surface area (Å²) in [7, 11) is 2.12. The summed E-state index contributed by atoms with van der Waals surface area (Å²) in [6, 6.07) is 22.1. The molecule has 2 fully saturated rings. The van der Waals surface area contributed by atoms with Gasteiger partial charge in [0.15, 0.2) is 0 Å². The molecule has 1 aromatic heterocycles. The van der Waals surface area contributed by atoms with Crippen LogP contribution in [-0.2, 0) is 24.3 Å². The van der Waals surface area contributed by atoms with Crippen LogP contribution in [0.1, 0.15) is 41.6 Å². The van der Waals surface area contributed by atoms with Gasteiger partial charge in [-0.25, -0.2) is 4.79 Å². The minimum atomic E-state index is -0.417. The van der Waals surface area contributed by atoms with Gasteiger partial charge >= 0.3 is 12.1 Å². The van der Waals surface area contributed by atoms with E-state index in [1.807, 2.05) is 54.6 Å². The number of rotatable bonds is 8. The van der Waals surface area contributed by atoms with Gasteiger partial charge in [-0.3, -0.25) is 0 Å². The maximum Gasteiger partial charge on any atom is 0.410 e. The van der Waals surface area contributed by atoms with Crippen LogP contribution in [-0.4, -0.2) is 84.3 Å². The summed E-state index contributed by atoms with van der Waals surface area (Å²) in [6.07, 6.45) is 2.68. The molecule has 1 amide bonds. The number of carbonyl (C=O) groups excluding carboxylic acids is 1. The lowest BCUT2D eigenvalue weighted by molar-refractivity contribution is 0.0767. The smallest absolute Gasteiger partial charge is 0.410 e. The number of para-hydroxylation sites is 1. The average molecular weight is 607 g/mol. The van der Waals surface area contributed by atoms with E-state index in [0.717, 1.165) is 47.7 Å². The molecule has 3 aliphatic heterocycles. The van der Waals surface area contributed by atoms with Gasteiger partial charge in [-0.05, 0) is 50.6 Å². The van der Waals surface area contributed by atoms with Crippen LogP contribution in [0.25, 0.3) is 0 Å². The first-order valence-corrected chi connectivity index (χ1v) is 15.6. The van der Waals surface area contributed by atoms with E-state index in [1.54, 1.807) is 4.90 Å². The quantitative estimate of drug-likeness (QED) is 0.370. The second kappa shape index (κ2) is 13.8. The average Bonchev–Trinajstić information content (AvgIpc) is 3.50. The molecular weight excluding hydrogens is 568 g/mol. The molecule has 2 aromatic carbocycles. The largest absolute Gasteiger partial charge is 0.462 e. The van der Waals surface area contributed by atoms with E-state index in [1.165, 1.54) is 0 Å². The summed E-state index contributed by atoms with van der Waals surface area (Å²) in [5, 5.41) is 19.4. The van der Waals surface area contributed by atoms with E-state index in [-0.39, 0.29) is 19.1 Å². The molecule has 3 aliphatic rings. The lowest BCUT2D eigenvalue weighted by Crippen LogP contribution is -2.55. The van der Waals surface area contributed by atoms with E-state index >= 15 is 0 Å². The van der Waals surface area contributed by atoms with Gasteiger partial charge in [0.1, 0.15) is 25.1 Å². The molecule has 3 aromatic rings. The van der Waals surface area contributed by atoms with Gasteiger partial charge in [0.25, 0.3) is 0 Å². The monoisotopic (exact) mass is 606 g/mol. The fourth-order valence-corrected chi connectivity index (χ4v) is 6.50. The highest BCUT2D eigenvalue weighted by atomic mass is 16.6. The number of fused-ring (bicyclic) bond motifs is 1. The maximum atomic E-state index is 13.1. The number of piperazine rings is 1. The number of benzene rings is 2. The van der Waals surface area contributed by atoms with Crippen molar-refractivity contribution < 1.29 is 14.3 Å². The highest BCUT2D eigenvalue weighted by Gasteiger charge is 2.35. The first kappa shape index (κ1) is 30.2. The summed E-state index contributed by atoms with van der Waals surface area (Å²) in [5.41, 5.74) is 4.34. The minimum Gasteiger partial charge on any atom is -0.462 e. The maximum absolute atomic E-state index is 13.1. The van der Waals surface area contributed by atoms with Crippen molar-refractivity contribution in [2.45, 2.75) is 50.9 Å². The summed E-state index contributed by atoms with van der Waals surface area (Å²) < 4.78 is 11.9. The third kappa shape index (κ3) is 6.79. The van der Waals surface area contributed by atoms with E-state index in [4.69, 9.17) is 19.4 Å². The zero-order chi connectivity index (χ0) is 31.2. The lowest BCUT2D eigenvalue weighted by Gasteiger charge is -2.42. The van der Waals surface area contributed by atoms with Crippen molar-refractivity contribution >= 4 is 17.6 Å². The zero-order valence-corrected chi connectivity index (χ0v) is 25.6.